The Balaban J connectivity index is 1.54. The standard InChI is InChI=1S/C19H28N6O2/c1-14-13-15(21-20-14)18(27)24-10-7-23(8-11-24)9-12-25-17(26)6-5-16(22-25)19(2,3)4/h5-6,13H,7-12H2,1-4H3,(H,20,21). The van der Waals surface area contributed by atoms with Crippen LogP contribution in [0.25, 0.3) is 0 Å². The van der Waals surface area contributed by atoms with Crippen LogP contribution in [-0.4, -0.2) is 68.4 Å². The molecular formula is C19H28N6O2. The molecule has 1 saturated heterocycles. The molecule has 3 rings (SSSR count). The quantitative estimate of drug-likeness (QED) is 0.866. The van der Waals surface area contributed by atoms with Gasteiger partial charge in [-0.15, -0.1) is 0 Å². The van der Waals surface area contributed by atoms with Crippen LogP contribution >= 0.6 is 0 Å². The molecule has 0 unspecified atom stereocenters. The molecule has 1 aliphatic rings. The molecule has 0 saturated carbocycles. The average Bonchev–Trinajstić information content (AvgIpc) is 3.06. The minimum atomic E-state index is -0.0912. The highest BCUT2D eigenvalue weighted by molar-refractivity contribution is 5.92. The molecule has 3 heterocycles. The molecule has 0 bridgehead atoms. The lowest BCUT2D eigenvalue weighted by atomic mass is 9.92. The van der Waals surface area contributed by atoms with Crippen LogP contribution < -0.4 is 5.56 Å². The third-order valence-corrected chi connectivity index (χ3v) is 4.85. The summed E-state index contributed by atoms with van der Waals surface area (Å²) >= 11 is 0. The number of amides is 1. The van der Waals surface area contributed by atoms with Crippen molar-refractivity contribution in [3.8, 4) is 0 Å². The van der Waals surface area contributed by atoms with Gasteiger partial charge in [0.15, 0.2) is 0 Å². The Morgan fingerprint density at radius 3 is 2.44 bits per heavy atom. The Kier molecular flexibility index (Phi) is 5.46. The Bertz CT molecular complexity index is 856. The van der Waals surface area contributed by atoms with Crippen LogP contribution in [0.3, 0.4) is 0 Å². The summed E-state index contributed by atoms with van der Waals surface area (Å²) < 4.78 is 1.55. The first-order valence-electron chi connectivity index (χ1n) is 9.36. The second-order valence-electron chi connectivity index (χ2n) is 8.10. The highest BCUT2D eigenvalue weighted by Crippen LogP contribution is 2.18. The molecule has 146 valence electrons. The summed E-state index contributed by atoms with van der Waals surface area (Å²) in [5, 5.41) is 11.4. The summed E-state index contributed by atoms with van der Waals surface area (Å²) in [6.07, 6.45) is 0. The summed E-state index contributed by atoms with van der Waals surface area (Å²) in [5.41, 5.74) is 2.09. The van der Waals surface area contributed by atoms with Gasteiger partial charge in [-0.05, 0) is 19.1 Å². The van der Waals surface area contributed by atoms with Gasteiger partial charge in [0.1, 0.15) is 5.69 Å². The maximum Gasteiger partial charge on any atom is 0.274 e. The Morgan fingerprint density at radius 1 is 1.15 bits per heavy atom. The van der Waals surface area contributed by atoms with Crippen molar-refractivity contribution in [1.82, 2.24) is 29.8 Å². The molecule has 1 fully saturated rings. The highest BCUT2D eigenvalue weighted by atomic mass is 16.2. The number of aromatic nitrogens is 4. The molecule has 8 nitrogen and oxygen atoms in total. The molecule has 1 amide bonds. The number of piperazine rings is 1. The van der Waals surface area contributed by atoms with E-state index in [2.05, 4.69) is 41.0 Å². The van der Waals surface area contributed by atoms with Crippen molar-refractivity contribution in [2.45, 2.75) is 39.7 Å². The molecular weight excluding hydrogens is 344 g/mol. The zero-order chi connectivity index (χ0) is 19.6. The molecule has 0 aliphatic carbocycles. The van der Waals surface area contributed by atoms with Crippen molar-refractivity contribution in [3.63, 3.8) is 0 Å². The number of carbonyl (C=O) groups excluding carboxylic acids is 1. The summed E-state index contributed by atoms with van der Waals surface area (Å²) in [7, 11) is 0. The van der Waals surface area contributed by atoms with Gasteiger partial charge in [-0.1, -0.05) is 20.8 Å². The molecule has 0 spiro atoms. The van der Waals surface area contributed by atoms with Gasteiger partial charge in [0.05, 0.1) is 12.2 Å². The first-order chi connectivity index (χ1) is 12.7. The lowest BCUT2D eigenvalue weighted by Gasteiger charge is -2.34. The van der Waals surface area contributed by atoms with E-state index in [0.717, 1.165) is 31.0 Å². The maximum absolute atomic E-state index is 12.4. The predicted octanol–water partition coefficient (Wildman–Crippen LogP) is 1.03. The van der Waals surface area contributed by atoms with E-state index < -0.39 is 0 Å². The minimum Gasteiger partial charge on any atom is -0.335 e. The fourth-order valence-corrected chi connectivity index (χ4v) is 3.11. The third-order valence-electron chi connectivity index (χ3n) is 4.85. The zero-order valence-electron chi connectivity index (χ0n) is 16.5. The second-order valence-corrected chi connectivity index (χ2v) is 8.10. The van der Waals surface area contributed by atoms with Gasteiger partial charge >= 0.3 is 0 Å². The number of hydrogen-bond acceptors (Lipinski definition) is 5. The summed E-state index contributed by atoms with van der Waals surface area (Å²) in [6, 6.07) is 5.17. The van der Waals surface area contributed by atoms with E-state index >= 15 is 0 Å². The monoisotopic (exact) mass is 372 g/mol. The van der Waals surface area contributed by atoms with Crippen LogP contribution in [0.15, 0.2) is 23.0 Å². The number of aromatic amines is 1. The lowest BCUT2D eigenvalue weighted by Crippen LogP contribution is -2.49. The number of rotatable bonds is 4. The van der Waals surface area contributed by atoms with Gasteiger partial charge in [-0.25, -0.2) is 4.68 Å². The van der Waals surface area contributed by atoms with Crippen molar-refractivity contribution in [2.75, 3.05) is 32.7 Å². The molecule has 1 N–H and O–H groups in total. The van der Waals surface area contributed by atoms with Gasteiger partial charge in [0.2, 0.25) is 0 Å². The lowest BCUT2D eigenvalue weighted by molar-refractivity contribution is 0.0625. The largest absolute Gasteiger partial charge is 0.335 e. The molecule has 27 heavy (non-hydrogen) atoms. The molecule has 2 aromatic rings. The van der Waals surface area contributed by atoms with Crippen molar-refractivity contribution < 1.29 is 4.79 Å². The van der Waals surface area contributed by atoms with Crippen LogP contribution in [0, 0.1) is 6.92 Å². The molecule has 0 radical (unpaired) electrons. The fraction of sp³-hybridized carbons (Fsp3) is 0.579. The van der Waals surface area contributed by atoms with Gasteiger partial charge in [0, 0.05) is 49.9 Å². The molecule has 0 atom stereocenters. The zero-order valence-corrected chi connectivity index (χ0v) is 16.5. The van der Waals surface area contributed by atoms with Crippen LogP contribution in [0.5, 0.6) is 0 Å². The van der Waals surface area contributed by atoms with E-state index in [1.165, 1.54) is 0 Å². The van der Waals surface area contributed by atoms with Crippen LogP contribution in [-0.2, 0) is 12.0 Å². The normalized spacial score (nSPS) is 15.9. The topological polar surface area (TPSA) is 87.1 Å². The number of nitrogens with zero attached hydrogens (tertiary/aromatic N) is 5. The Morgan fingerprint density at radius 2 is 1.85 bits per heavy atom. The minimum absolute atomic E-state index is 0.0326. The van der Waals surface area contributed by atoms with Crippen LogP contribution in [0.2, 0.25) is 0 Å². The summed E-state index contributed by atoms with van der Waals surface area (Å²) in [6.45, 7) is 12.3. The number of aryl methyl sites for hydroxylation is 1. The van der Waals surface area contributed by atoms with Crippen LogP contribution in [0.1, 0.15) is 42.6 Å². The van der Waals surface area contributed by atoms with E-state index in [1.54, 1.807) is 22.9 Å². The molecule has 8 heteroatoms. The van der Waals surface area contributed by atoms with E-state index in [9.17, 15) is 9.59 Å². The number of H-pyrrole nitrogens is 1. The maximum atomic E-state index is 12.4. The first kappa shape index (κ1) is 19.3. The molecule has 1 aliphatic heterocycles. The SMILES string of the molecule is Cc1cc(C(=O)N2CCN(CCn3nc(C(C)(C)C)ccc3=O)CC2)n[nH]1. The van der Waals surface area contributed by atoms with E-state index in [4.69, 9.17) is 0 Å². The van der Waals surface area contributed by atoms with Crippen molar-refractivity contribution in [2.24, 2.45) is 0 Å². The average molecular weight is 372 g/mol. The molecule has 2 aromatic heterocycles. The Hall–Kier alpha value is -2.48. The van der Waals surface area contributed by atoms with Gasteiger partial charge in [-0.2, -0.15) is 10.2 Å². The van der Waals surface area contributed by atoms with E-state index in [0.29, 0.717) is 25.3 Å². The van der Waals surface area contributed by atoms with Crippen molar-refractivity contribution >= 4 is 5.91 Å². The van der Waals surface area contributed by atoms with Gasteiger partial charge in [0.25, 0.3) is 11.5 Å². The van der Waals surface area contributed by atoms with E-state index in [1.807, 2.05) is 11.8 Å². The van der Waals surface area contributed by atoms with Gasteiger partial charge in [-0.3, -0.25) is 19.6 Å². The third kappa shape index (κ3) is 4.63. The smallest absolute Gasteiger partial charge is 0.274 e. The predicted molar refractivity (Wildman–Crippen MR) is 103 cm³/mol. The number of nitrogens with one attached hydrogen (secondary N) is 1. The van der Waals surface area contributed by atoms with Crippen LogP contribution in [0.4, 0.5) is 0 Å². The summed E-state index contributed by atoms with van der Waals surface area (Å²) in [5.74, 6) is -0.0326. The first-order valence-corrected chi connectivity index (χ1v) is 9.36. The Labute approximate surface area is 159 Å². The number of carbonyl (C=O) groups is 1. The van der Waals surface area contributed by atoms with E-state index in [-0.39, 0.29) is 16.9 Å². The second kappa shape index (κ2) is 7.64. The molecule has 0 aromatic carbocycles. The summed E-state index contributed by atoms with van der Waals surface area (Å²) in [4.78, 5) is 28.6. The van der Waals surface area contributed by atoms with Crippen molar-refractivity contribution in [3.05, 3.63) is 45.6 Å². The fourth-order valence-electron chi connectivity index (χ4n) is 3.11. The van der Waals surface area contributed by atoms with Gasteiger partial charge < -0.3 is 4.90 Å². The number of hydrogen-bond donors (Lipinski definition) is 1. The van der Waals surface area contributed by atoms with Crippen molar-refractivity contribution in [1.29, 1.82) is 0 Å². The highest BCUT2D eigenvalue weighted by Gasteiger charge is 2.23.